The number of ether oxygens (including phenoxy) is 1. The second-order valence-electron chi connectivity index (χ2n) is 8.93. The van der Waals surface area contributed by atoms with Crippen molar-refractivity contribution in [2.45, 2.75) is 51.2 Å². The molecular weight excluding hydrogens is 426 g/mol. The van der Waals surface area contributed by atoms with Gasteiger partial charge in [-0.05, 0) is 31.9 Å². The first-order valence-electron chi connectivity index (χ1n) is 11.6. The molecule has 172 valence electrons. The number of aliphatic hydroxyl groups is 1. The highest BCUT2D eigenvalue weighted by Crippen LogP contribution is 2.32. The maximum Gasteiger partial charge on any atom is 0.240 e. The van der Waals surface area contributed by atoms with E-state index in [9.17, 15) is 5.11 Å². The number of aromatic nitrogens is 3. The number of benzene rings is 1. The molecule has 1 saturated carbocycles. The Morgan fingerprint density at radius 2 is 1.94 bits per heavy atom. The van der Waals surface area contributed by atoms with Gasteiger partial charge in [-0.1, -0.05) is 18.0 Å². The van der Waals surface area contributed by atoms with E-state index >= 15 is 0 Å². The number of aryl methyl sites for hydroxylation is 1. The second kappa shape index (κ2) is 9.82. The molecule has 0 spiro atoms. The van der Waals surface area contributed by atoms with Crippen LogP contribution in [0.4, 0.5) is 0 Å². The fourth-order valence-electron chi connectivity index (χ4n) is 4.66. The van der Waals surface area contributed by atoms with Gasteiger partial charge in [0.25, 0.3) is 0 Å². The van der Waals surface area contributed by atoms with Gasteiger partial charge in [0.05, 0.1) is 21.8 Å². The Bertz CT molecular complexity index is 1020. The summed E-state index contributed by atoms with van der Waals surface area (Å²) in [4.78, 5) is 13.8. The zero-order valence-corrected chi connectivity index (χ0v) is 19.4. The maximum atomic E-state index is 10.5. The van der Waals surface area contributed by atoms with Crippen molar-refractivity contribution < 1.29 is 14.4 Å². The van der Waals surface area contributed by atoms with Crippen molar-refractivity contribution in [1.82, 2.24) is 24.9 Å². The summed E-state index contributed by atoms with van der Waals surface area (Å²) in [6, 6.07) is 5.92. The summed E-state index contributed by atoms with van der Waals surface area (Å²) in [5.41, 5.74) is 0.951. The fourth-order valence-corrected chi connectivity index (χ4v) is 5.47. The van der Waals surface area contributed by atoms with Crippen LogP contribution in [0.5, 0.6) is 5.75 Å². The summed E-state index contributed by atoms with van der Waals surface area (Å²) < 4.78 is 12.5. The molecule has 3 aromatic rings. The predicted molar refractivity (Wildman–Crippen MR) is 123 cm³/mol. The summed E-state index contributed by atoms with van der Waals surface area (Å²) in [6.45, 7) is 7.26. The molecule has 0 amide bonds. The average Bonchev–Trinajstić information content (AvgIpc) is 3.53. The lowest BCUT2D eigenvalue weighted by atomic mass is 10.1. The third-order valence-electron chi connectivity index (χ3n) is 6.41. The van der Waals surface area contributed by atoms with Crippen LogP contribution < -0.4 is 4.74 Å². The van der Waals surface area contributed by atoms with Crippen molar-refractivity contribution in [3.05, 3.63) is 34.9 Å². The Morgan fingerprint density at radius 1 is 1.16 bits per heavy atom. The lowest BCUT2D eigenvalue weighted by molar-refractivity contribution is 0.0426. The number of nitrogens with zero attached hydrogens (tertiary/aromatic N) is 5. The van der Waals surface area contributed by atoms with Gasteiger partial charge >= 0.3 is 0 Å². The van der Waals surface area contributed by atoms with Crippen LogP contribution >= 0.6 is 11.3 Å². The number of aliphatic hydroxyl groups excluding tert-OH is 1. The summed E-state index contributed by atoms with van der Waals surface area (Å²) in [7, 11) is 0. The van der Waals surface area contributed by atoms with E-state index < -0.39 is 6.10 Å². The zero-order valence-electron chi connectivity index (χ0n) is 18.6. The molecule has 8 nitrogen and oxygen atoms in total. The molecule has 1 N–H and O–H groups in total. The Hall–Kier alpha value is -2.07. The highest BCUT2D eigenvalue weighted by Gasteiger charge is 2.24. The van der Waals surface area contributed by atoms with E-state index in [2.05, 4.69) is 24.9 Å². The molecule has 0 radical (unpaired) electrons. The van der Waals surface area contributed by atoms with Crippen molar-refractivity contribution in [2.75, 3.05) is 39.3 Å². The molecule has 1 aromatic carbocycles. The molecule has 2 aromatic heterocycles. The summed E-state index contributed by atoms with van der Waals surface area (Å²) in [6.07, 6.45) is 4.38. The van der Waals surface area contributed by atoms with E-state index in [4.69, 9.17) is 9.26 Å². The van der Waals surface area contributed by atoms with Crippen LogP contribution in [0.3, 0.4) is 0 Å². The predicted octanol–water partition coefficient (Wildman–Crippen LogP) is 3.20. The monoisotopic (exact) mass is 457 g/mol. The number of hydrogen-bond donors (Lipinski definition) is 1. The number of fused-ring (bicyclic) bond motifs is 1. The summed E-state index contributed by atoms with van der Waals surface area (Å²) in [5.74, 6) is 2.85. The Kier molecular flexibility index (Phi) is 6.68. The molecule has 32 heavy (non-hydrogen) atoms. The first-order chi connectivity index (χ1) is 15.6. The molecule has 2 aliphatic rings. The van der Waals surface area contributed by atoms with Gasteiger partial charge in [-0.2, -0.15) is 4.98 Å². The van der Waals surface area contributed by atoms with E-state index in [0.29, 0.717) is 19.0 Å². The lowest BCUT2D eigenvalue weighted by Gasteiger charge is -2.34. The topological polar surface area (TPSA) is 87.8 Å². The van der Waals surface area contributed by atoms with Crippen LogP contribution in [0.1, 0.15) is 48.3 Å². The number of hydrogen-bond acceptors (Lipinski definition) is 9. The Balaban J connectivity index is 1.04. The van der Waals surface area contributed by atoms with Gasteiger partial charge < -0.3 is 14.4 Å². The van der Waals surface area contributed by atoms with Gasteiger partial charge in [0.1, 0.15) is 18.5 Å². The average molecular weight is 458 g/mol. The van der Waals surface area contributed by atoms with Gasteiger partial charge in [0.15, 0.2) is 5.82 Å². The first-order valence-corrected chi connectivity index (χ1v) is 12.4. The third-order valence-corrected chi connectivity index (χ3v) is 7.36. The van der Waals surface area contributed by atoms with Gasteiger partial charge in [0, 0.05) is 44.7 Å². The number of thiazole rings is 1. The fraction of sp³-hybridized carbons (Fsp3) is 0.609. The van der Waals surface area contributed by atoms with Crippen molar-refractivity contribution in [3.8, 4) is 5.75 Å². The van der Waals surface area contributed by atoms with Crippen LogP contribution in [0, 0.1) is 6.92 Å². The van der Waals surface area contributed by atoms with Crippen molar-refractivity contribution in [1.29, 1.82) is 0 Å². The molecule has 5 rings (SSSR count). The zero-order chi connectivity index (χ0) is 21.9. The first kappa shape index (κ1) is 21.8. The van der Waals surface area contributed by atoms with Crippen LogP contribution in [0.2, 0.25) is 0 Å². The number of rotatable bonds is 8. The van der Waals surface area contributed by atoms with Crippen LogP contribution in [-0.2, 0) is 6.54 Å². The van der Waals surface area contributed by atoms with Gasteiger partial charge in [-0.15, -0.1) is 11.3 Å². The lowest BCUT2D eigenvalue weighted by Crippen LogP contribution is -2.48. The van der Waals surface area contributed by atoms with E-state index in [1.54, 1.807) is 11.3 Å². The van der Waals surface area contributed by atoms with Crippen molar-refractivity contribution >= 4 is 21.6 Å². The highest BCUT2D eigenvalue weighted by atomic mass is 32.1. The highest BCUT2D eigenvalue weighted by molar-refractivity contribution is 7.18. The number of piperazine rings is 1. The Morgan fingerprint density at radius 3 is 2.75 bits per heavy atom. The number of β-amino-alcohol motifs (C(OH)–C–C–N with tert-alkyl or cyclic N) is 1. The van der Waals surface area contributed by atoms with Gasteiger partial charge in [0.2, 0.25) is 5.89 Å². The molecule has 1 saturated heterocycles. The minimum Gasteiger partial charge on any atom is -0.491 e. The summed E-state index contributed by atoms with van der Waals surface area (Å²) >= 11 is 1.68. The molecule has 0 unspecified atom stereocenters. The third kappa shape index (κ3) is 5.28. The molecule has 2 fully saturated rings. The Labute approximate surface area is 192 Å². The van der Waals surface area contributed by atoms with Gasteiger partial charge in [-0.25, -0.2) is 4.98 Å². The molecule has 0 bridgehead atoms. The second-order valence-corrected chi connectivity index (χ2v) is 10.2. The standard InChI is InChI=1S/C23H31N5O3S/c1-16-24-20-12-19(6-7-21(20)32-16)30-15-18(29)13-27-8-10-28(11-9-27)14-22-25-23(26-31-22)17-4-2-3-5-17/h6-7,12,17-18,29H,2-5,8-11,13-15H2,1H3/t18-/m1/s1. The minimum absolute atomic E-state index is 0.279. The SMILES string of the molecule is Cc1nc2cc(OC[C@H](O)CN3CCN(Cc4nc(C5CCCC5)no4)CC3)ccc2s1. The van der Waals surface area contributed by atoms with Crippen LogP contribution in [-0.4, -0.2) is 75.5 Å². The molecule has 9 heteroatoms. The quantitative estimate of drug-likeness (QED) is 0.552. The molecule has 1 aliphatic heterocycles. The van der Waals surface area contributed by atoms with E-state index in [-0.39, 0.29) is 6.61 Å². The van der Waals surface area contributed by atoms with E-state index in [1.807, 2.05) is 25.1 Å². The van der Waals surface area contributed by atoms with Gasteiger partial charge in [-0.3, -0.25) is 9.80 Å². The van der Waals surface area contributed by atoms with E-state index in [0.717, 1.165) is 58.9 Å². The van der Waals surface area contributed by atoms with Crippen LogP contribution in [0.15, 0.2) is 22.7 Å². The van der Waals surface area contributed by atoms with Crippen LogP contribution in [0.25, 0.3) is 10.2 Å². The van der Waals surface area contributed by atoms with Crippen molar-refractivity contribution in [3.63, 3.8) is 0 Å². The molecule has 3 heterocycles. The normalized spacial score (nSPS) is 19.7. The maximum absolute atomic E-state index is 10.5. The van der Waals surface area contributed by atoms with E-state index in [1.165, 1.54) is 25.7 Å². The van der Waals surface area contributed by atoms with Crippen molar-refractivity contribution in [2.24, 2.45) is 0 Å². The summed E-state index contributed by atoms with van der Waals surface area (Å²) in [5, 5.41) is 15.7. The largest absolute Gasteiger partial charge is 0.491 e. The molecule has 1 atom stereocenters. The molecular formula is C23H31N5O3S. The molecule has 1 aliphatic carbocycles. The smallest absolute Gasteiger partial charge is 0.240 e. The minimum atomic E-state index is -0.528.